The molecule has 5 heteroatoms. The Morgan fingerprint density at radius 2 is 1.89 bits per heavy atom. The van der Waals surface area contributed by atoms with Gasteiger partial charge in [0.25, 0.3) is 0 Å². The summed E-state index contributed by atoms with van der Waals surface area (Å²) in [5.41, 5.74) is 0.499. The van der Waals surface area contributed by atoms with E-state index in [0.29, 0.717) is 43.1 Å². The van der Waals surface area contributed by atoms with Crippen molar-refractivity contribution in [1.29, 1.82) is 0 Å². The number of aliphatic hydroxyl groups excluding tert-OH is 2. The van der Waals surface area contributed by atoms with E-state index in [0.717, 1.165) is 0 Å². The van der Waals surface area contributed by atoms with E-state index in [1.165, 1.54) is 6.07 Å². The van der Waals surface area contributed by atoms with E-state index in [2.05, 4.69) is 0 Å². The molecule has 0 saturated heterocycles. The second-order valence-corrected chi connectivity index (χ2v) is 4.69. The highest BCUT2D eigenvalue weighted by Crippen LogP contribution is 2.37. The van der Waals surface area contributed by atoms with E-state index < -0.39 is 6.10 Å². The highest BCUT2D eigenvalue weighted by molar-refractivity contribution is 5.45. The van der Waals surface area contributed by atoms with Gasteiger partial charge in [-0.2, -0.15) is 0 Å². The van der Waals surface area contributed by atoms with Crippen LogP contribution in [0.2, 0.25) is 0 Å². The molecular formula is C14H19FO4. The predicted molar refractivity (Wildman–Crippen MR) is 68.1 cm³/mol. The first-order chi connectivity index (χ1) is 9.15. The summed E-state index contributed by atoms with van der Waals surface area (Å²) in [6, 6.07) is 2.97. The third kappa shape index (κ3) is 3.16. The minimum Gasteiger partial charge on any atom is -0.486 e. The predicted octanol–water partition coefficient (Wildman–Crippen LogP) is 1.83. The van der Waals surface area contributed by atoms with Crippen molar-refractivity contribution in [2.24, 2.45) is 0 Å². The third-order valence-electron chi connectivity index (χ3n) is 3.36. The molecule has 1 aromatic carbocycles. The first-order valence-corrected chi connectivity index (χ1v) is 6.53. The fraction of sp³-hybridized carbons (Fsp3) is 0.571. The van der Waals surface area contributed by atoms with Gasteiger partial charge in [0.05, 0.1) is 12.7 Å². The number of hydrogen-bond donors (Lipinski definition) is 2. The number of benzene rings is 1. The second-order valence-electron chi connectivity index (χ2n) is 4.69. The van der Waals surface area contributed by atoms with Crippen LogP contribution >= 0.6 is 0 Å². The molecular weight excluding hydrogens is 251 g/mol. The van der Waals surface area contributed by atoms with E-state index in [9.17, 15) is 9.50 Å². The van der Waals surface area contributed by atoms with Gasteiger partial charge in [-0.25, -0.2) is 4.39 Å². The molecule has 2 N–H and O–H groups in total. The maximum Gasteiger partial charge on any atom is 0.164 e. The number of ether oxygens (including phenoxy) is 2. The summed E-state index contributed by atoms with van der Waals surface area (Å²) in [6.45, 7) is 2.48. The maximum atomic E-state index is 14.1. The summed E-state index contributed by atoms with van der Waals surface area (Å²) < 4.78 is 24.9. The molecule has 106 valence electrons. The molecule has 2 unspecified atom stereocenters. The molecule has 4 nitrogen and oxygen atoms in total. The monoisotopic (exact) mass is 270 g/mol. The summed E-state index contributed by atoms with van der Waals surface area (Å²) in [5.74, 6) is 0.448. The Bertz CT molecular complexity index is 436. The van der Waals surface area contributed by atoms with Crippen LogP contribution < -0.4 is 9.47 Å². The van der Waals surface area contributed by atoms with Crippen LogP contribution in [0.25, 0.3) is 0 Å². The number of aliphatic hydroxyl groups is 2. The third-order valence-corrected chi connectivity index (χ3v) is 3.36. The molecule has 0 aromatic heterocycles. The quantitative estimate of drug-likeness (QED) is 0.857. The lowest BCUT2D eigenvalue weighted by Crippen LogP contribution is -2.19. The normalized spacial score (nSPS) is 17.1. The van der Waals surface area contributed by atoms with E-state index in [-0.39, 0.29) is 18.3 Å². The van der Waals surface area contributed by atoms with Crippen LogP contribution in [0.3, 0.4) is 0 Å². The molecule has 1 aliphatic rings. The molecule has 0 bridgehead atoms. The van der Waals surface area contributed by atoms with Crippen molar-refractivity contribution >= 4 is 0 Å². The van der Waals surface area contributed by atoms with Gasteiger partial charge < -0.3 is 19.7 Å². The Hall–Kier alpha value is -1.33. The van der Waals surface area contributed by atoms with Gasteiger partial charge in [-0.3, -0.25) is 0 Å². The molecule has 0 fully saturated rings. The Balaban J connectivity index is 2.26. The van der Waals surface area contributed by atoms with Crippen molar-refractivity contribution in [3.63, 3.8) is 0 Å². The Kier molecular flexibility index (Phi) is 4.61. The van der Waals surface area contributed by atoms with Gasteiger partial charge in [-0.1, -0.05) is 6.92 Å². The Morgan fingerprint density at radius 1 is 1.26 bits per heavy atom. The average Bonchev–Trinajstić information content (AvgIpc) is 2.44. The van der Waals surface area contributed by atoms with E-state index >= 15 is 0 Å². The van der Waals surface area contributed by atoms with Gasteiger partial charge in [0.1, 0.15) is 19.0 Å². The first-order valence-electron chi connectivity index (χ1n) is 6.53. The van der Waals surface area contributed by atoms with Crippen LogP contribution in [0, 0.1) is 5.82 Å². The molecule has 0 saturated carbocycles. The second kappa shape index (κ2) is 6.21. The molecule has 0 amide bonds. The molecule has 2 rings (SSSR count). The zero-order valence-corrected chi connectivity index (χ0v) is 10.9. The molecule has 1 heterocycles. The van der Waals surface area contributed by atoms with Crippen LogP contribution in [-0.2, 0) is 0 Å². The number of halogens is 1. The van der Waals surface area contributed by atoms with Crippen molar-refractivity contribution in [2.45, 2.75) is 31.8 Å². The summed E-state index contributed by atoms with van der Waals surface area (Å²) in [6.07, 6.45) is 0.162. The lowest BCUT2D eigenvalue weighted by molar-refractivity contribution is 0.0813. The van der Waals surface area contributed by atoms with E-state index in [1.807, 2.05) is 6.92 Å². The first kappa shape index (κ1) is 14.1. The lowest BCUT2D eigenvalue weighted by Gasteiger charge is -2.23. The number of hydrogen-bond acceptors (Lipinski definition) is 4. The van der Waals surface area contributed by atoms with Gasteiger partial charge >= 0.3 is 0 Å². The average molecular weight is 270 g/mol. The zero-order valence-electron chi connectivity index (χ0n) is 10.9. The lowest BCUT2D eigenvalue weighted by atomic mass is 9.90. The fourth-order valence-corrected chi connectivity index (χ4v) is 2.31. The van der Waals surface area contributed by atoms with Gasteiger partial charge in [0, 0.05) is 6.07 Å². The topological polar surface area (TPSA) is 58.9 Å². The standard InChI is InChI=1S/C14H19FO4/c1-2-9(5-10(17)8-16)11-6-13-14(7-12(11)15)19-4-3-18-13/h6-7,9-10,16-17H,2-5,8H2,1H3. The molecule has 0 radical (unpaired) electrons. The van der Waals surface area contributed by atoms with Gasteiger partial charge in [0.15, 0.2) is 11.5 Å². The smallest absolute Gasteiger partial charge is 0.164 e. The summed E-state index contributed by atoms with van der Waals surface area (Å²) in [5, 5.41) is 18.4. The van der Waals surface area contributed by atoms with Crippen molar-refractivity contribution in [3.05, 3.63) is 23.5 Å². The SMILES string of the molecule is CCC(CC(O)CO)c1cc2c(cc1F)OCCO2. The van der Waals surface area contributed by atoms with Gasteiger partial charge in [0.2, 0.25) is 0 Å². The maximum absolute atomic E-state index is 14.1. The fourth-order valence-electron chi connectivity index (χ4n) is 2.31. The zero-order chi connectivity index (χ0) is 13.8. The highest BCUT2D eigenvalue weighted by atomic mass is 19.1. The van der Waals surface area contributed by atoms with E-state index in [1.54, 1.807) is 6.07 Å². The number of fused-ring (bicyclic) bond motifs is 1. The largest absolute Gasteiger partial charge is 0.486 e. The van der Waals surface area contributed by atoms with Crippen LogP contribution in [0.15, 0.2) is 12.1 Å². The molecule has 0 spiro atoms. The Morgan fingerprint density at radius 3 is 2.47 bits per heavy atom. The molecule has 0 aliphatic carbocycles. The van der Waals surface area contributed by atoms with Crippen LogP contribution in [0.4, 0.5) is 4.39 Å². The van der Waals surface area contributed by atoms with Crippen LogP contribution in [0.5, 0.6) is 11.5 Å². The molecule has 1 aromatic rings. The van der Waals surface area contributed by atoms with Crippen LogP contribution in [0.1, 0.15) is 31.2 Å². The molecule has 19 heavy (non-hydrogen) atoms. The van der Waals surface area contributed by atoms with Gasteiger partial charge in [-0.05, 0) is 30.4 Å². The van der Waals surface area contributed by atoms with Crippen molar-refractivity contribution in [2.75, 3.05) is 19.8 Å². The number of rotatable bonds is 5. The van der Waals surface area contributed by atoms with E-state index in [4.69, 9.17) is 14.6 Å². The van der Waals surface area contributed by atoms with Gasteiger partial charge in [-0.15, -0.1) is 0 Å². The highest BCUT2D eigenvalue weighted by Gasteiger charge is 2.22. The van der Waals surface area contributed by atoms with Crippen molar-refractivity contribution < 1.29 is 24.1 Å². The van der Waals surface area contributed by atoms with Crippen molar-refractivity contribution in [1.82, 2.24) is 0 Å². The summed E-state index contributed by atoms with van der Waals surface area (Å²) >= 11 is 0. The molecule has 1 aliphatic heterocycles. The minimum atomic E-state index is -0.836. The summed E-state index contributed by atoms with van der Waals surface area (Å²) in [4.78, 5) is 0. The van der Waals surface area contributed by atoms with Crippen molar-refractivity contribution in [3.8, 4) is 11.5 Å². The minimum absolute atomic E-state index is 0.155. The van der Waals surface area contributed by atoms with Crippen LogP contribution in [-0.4, -0.2) is 36.1 Å². The summed E-state index contributed by atoms with van der Waals surface area (Å²) in [7, 11) is 0. The Labute approximate surface area is 111 Å². The molecule has 2 atom stereocenters.